The van der Waals surface area contributed by atoms with E-state index in [1.54, 1.807) is 6.07 Å². The molecule has 0 fully saturated rings. The Hall–Kier alpha value is -5.36. The highest BCUT2D eigenvalue weighted by Crippen LogP contribution is 2.42. The first-order valence-corrected chi connectivity index (χ1v) is 17.6. The predicted octanol–water partition coefficient (Wildman–Crippen LogP) is 7.75. The first-order chi connectivity index (χ1) is 23.7. The molecule has 0 spiro atoms. The molecule has 0 saturated carbocycles. The highest BCUT2D eigenvalue weighted by atomic mass is 35.5. The summed E-state index contributed by atoms with van der Waals surface area (Å²) in [4.78, 5) is 19.3. The number of likely N-dealkylation sites (N-methyl/N-ethyl adjacent to an activating group) is 1. The van der Waals surface area contributed by atoms with Crippen LogP contribution in [0.25, 0.3) is 10.6 Å². The highest BCUT2D eigenvalue weighted by molar-refractivity contribution is 7.88. The number of nitrogens with zero attached hydrogens (tertiary/aromatic N) is 4. The molecular weight excluding hydrogens is 681 g/mol. The van der Waals surface area contributed by atoms with Crippen molar-refractivity contribution in [3.05, 3.63) is 178 Å². The van der Waals surface area contributed by atoms with E-state index in [1.165, 1.54) is 36.6 Å². The topological polar surface area (TPSA) is 96.7 Å². The monoisotopic (exact) mass is 707 g/mol. The Labute approximate surface area is 291 Å². The van der Waals surface area contributed by atoms with Crippen LogP contribution in [0, 0.1) is 5.82 Å². The van der Waals surface area contributed by atoms with Gasteiger partial charge in [-0.15, -0.1) is 15.7 Å². The van der Waals surface area contributed by atoms with Crippen LogP contribution >= 0.6 is 22.9 Å². The van der Waals surface area contributed by atoms with Crippen LogP contribution in [0.2, 0.25) is 5.02 Å². The van der Waals surface area contributed by atoms with Crippen LogP contribution in [0.3, 0.4) is 0 Å². The zero-order valence-electron chi connectivity index (χ0n) is 25.9. The molecule has 1 aliphatic rings. The predicted molar refractivity (Wildman–Crippen MR) is 191 cm³/mol. The number of carbonyl (C=O) groups is 1. The van der Waals surface area contributed by atoms with Gasteiger partial charge in [0.05, 0.1) is 32.5 Å². The number of carbonyl (C=O) groups excluding carboxylic acids is 1. The van der Waals surface area contributed by atoms with Gasteiger partial charge in [-0.05, 0) is 53.1 Å². The third-order valence-electron chi connectivity index (χ3n) is 8.24. The van der Waals surface area contributed by atoms with Gasteiger partial charge in [0.2, 0.25) is 0 Å². The van der Waals surface area contributed by atoms with E-state index in [-0.39, 0.29) is 22.1 Å². The Balaban J connectivity index is 1.27. The quantitative estimate of drug-likeness (QED) is 0.164. The average molecular weight is 708 g/mol. The van der Waals surface area contributed by atoms with Gasteiger partial charge in [-0.3, -0.25) is 4.79 Å². The third-order valence-corrected chi connectivity index (χ3v) is 11.0. The molecule has 2 aromatic heterocycles. The van der Waals surface area contributed by atoms with Crippen LogP contribution in [0.5, 0.6) is 0 Å². The van der Waals surface area contributed by atoms with E-state index in [0.29, 0.717) is 10.6 Å². The van der Waals surface area contributed by atoms with Gasteiger partial charge in [-0.25, -0.2) is 13.7 Å². The molecule has 0 unspecified atom stereocenters. The van der Waals surface area contributed by atoms with Gasteiger partial charge in [0, 0.05) is 18.9 Å². The summed E-state index contributed by atoms with van der Waals surface area (Å²) < 4.78 is 46.6. The number of allylic oxidation sites excluding steroid dienone is 1. The Bertz CT molecular complexity index is 2240. The molecule has 12 heteroatoms. The second-order valence-corrected chi connectivity index (χ2v) is 14.3. The molecular formula is C37H27ClFN5O3S2. The lowest BCUT2D eigenvalue weighted by Gasteiger charge is -2.37. The lowest BCUT2D eigenvalue weighted by molar-refractivity contribution is -0.113. The number of hydrogen-bond donors (Lipinski definition) is 1. The number of rotatable bonds is 8. The molecule has 6 aromatic rings. The SMILES string of the molecule is CN1C(C(=O)Nc2ccc(F)c(Cl)c2)=CC(c2ccc(-c3cn(C(c4ccccc4)(c4ccccc4)c4ccccc4)cn3)s2)=NS1(=O)=O. The van der Waals surface area contributed by atoms with Gasteiger partial charge in [0.1, 0.15) is 17.1 Å². The Morgan fingerprint density at radius 1 is 0.837 bits per heavy atom. The van der Waals surface area contributed by atoms with Crippen molar-refractivity contribution in [2.24, 2.45) is 4.40 Å². The summed E-state index contributed by atoms with van der Waals surface area (Å²) in [6.07, 6.45) is 5.20. The number of thiophene rings is 1. The number of benzene rings is 4. The molecule has 0 saturated heterocycles. The van der Waals surface area contributed by atoms with Crippen molar-refractivity contribution in [2.75, 3.05) is 12.4 Å². The van der Waals surface area contributed by atoms with E-state index >= 15 is 0 Å². The third kappa shape index (κ3) is 5.97. The van der Waals surface area contributed by atoms with E-state index in [0.717, 1.165) is 31.9 Å². The molecule has 8 nitrogen and oxygen atoms in total. The number of amides is 1. The number of halogens is 2. The van der Waals surface area contributed by atoms with Gasteiger partial charge in [0.15, 0.2) is 0 Å². The summed E-state index contributed by atoms with van der Waals surface area (Å²) in [6, 6.07) is 38.0. The van der Waals surface area contributed by atoms with Gasteiger partial charge < -0.3 is 9.88 Å². The minimum absolute atomic E-state index is 0.100. The number of hydrogen-bond acceptors (Lipinski definition) is 5. The van der Waals surface area contributed by atoms with Gasteiger partial charge in [-0.1, -0.05) is 103 Å². The van der Waals surface area contributed by atoms with Crippen molar-refractivity contribution in [1.29, 1.82) is 0 Å². The van der Waals surface area contributed by atoms with Crippen LogP contribution in [-0.4, -0.2) is 40.9 Å². The summed E-state index contributed by atoms with van der Waals surface area (Å²) in [7, 11) is -2.99. The fourth-order valence-corrected chi connectivity index (χ4v) is 7.96. The summed E-state index contributed by atoms with van der Waals surface area (Å²) in [5.74, 6) is -1.37. The standard InChI is InChI=1S/C37H27ClFN5O3S2/c1-43-33(36(45)41-28-17-18-30(39)29(38)21-28)22-31(42-49(43,46)47)34-19-20-35(48-34)32-23-44(24-40-32)37(25-11-5-2-6-12-25,26-13-7-3-8-14-26)27-15-9-4-10-16-27/h2-24H,1H3,(H,41,45). The smallest absolute Gasteiger partial charge is 0.321 e. The largest absolute Gasteiger partial charge is 0.345 e. The molecule has 1 amide bonds. The highest BCUT2D eigenvalue weighted by Gasteiger charge is 2.38. The van der Waals surface area contributed by atoms with Crippen LogP contribution in [0.4, 0.5) is 10.1 Å². The van der Waals surface area contributed by atoms with E-state index < -0.39 is 27.5 Å². The molecule has 49 heavy (non-hydrogen) atoms. The molecule has 1 N–H and O–H groups in total. The maximum Gasteiger partial charge on any atom is 0.345 e. The van der Waals surface area contributed by atoms with Crippen LogP contribution in [-0.2, 0) is 20.5 Å². The van der Waals surface area contributed by atoms with Crippen LogP contribution in [0.15, 0.2) is 150 Å². The maximum atomic E-state index is 13.6. The van der Waals surface area contributed by atoms with E-state index in [1.807, 2.05) is 73.2 Å². The van der Waals surface area contributed by atoms with Gasteiger partial charge in [0.25, 0.3) is 5.91 Å². The fourth-order valence-electron chi connectivity index (χ4n) is 5.88. The molecule has 0 atom stereocenters. The van der Waals surface area contributed by atoms with Crippen molar-refractivity contribution >= 4 is 50.5 Å². The summed E-state index contributed by atoms with van der Waals surface area (Å²) >= 11 is 7.16. The minimum atomic E-state index is -4.23. The normalized spacial score (nSPS) is 14.2. The average Bonchev–Trinajstić information content (AvgIpc) is 3.81. The molecule has 0 bridgehead atoms. The Morgan fingerprint density at radius 2 is 1.41 bits per heavy atom. The zero-order chi connectivity index (χ0) is 34.2. The van der Waals surface area contributed by atoms with Crippen molar-refractivity contribution in [1.82, 2.24) is 13.9 Å². The van der Waals surface area contributed by atoms with Crippen molar-refractivity contribution in [2.45, 2.75) is 5.54 Å². The Morgan fingerprint density at radius 3 is 1.98 bits per heavy atom. The minimum Gasteiger partial charge on any atom is -0.321 e. The van der Waals surface area contributed by atoms with Crippen molar-refractivity contribution in [3.8, 4) is 10.6 Å². The second kappa shape index (κ2) is 12.9. The molecule has 0 radical (unpaired) electrons. The fraction of sp³-hybridized carbons (Fsp3) is 0.0541. The first-order valence-electron chi connectivity index (χ1n) is 15.1. The first kappa shape index (κ1) is 32.2. The molecule has 4 aromatic carbocycles. The number of nitrogens with one attached hydrogen (secondary N) is 1. The number of aromatic nitrogens is 2. The van der Waals surface area contributed by atoms with Crippen LogP contribution < -0.4 is 5.32 Å². The lowest BCUT2D eigenvalue weighted by Crippen LogP contribution is -2.36. The van der Waals surface area contributed by atoms with E-state index in [9.17, 15) is 17.6 Å². The summed E-state index contributed by atoms with van der Waals surface area (Å²) in [5, 5.41) is 2.40. The number of imidazole rings is 1. The second-order valence-electron chi connectivity index (χ2n) is 11.2. The molecule has 1 aliphatic heterocycles. The summed E-state index contributed by atoms with van der Waals surface area (Å²) in [5.41, 5.74) is 3.22. The zero-order valence-corrected chi connectivity index (χ0v) is 28.3. The van der Waals surface area contributed by atoms with E-state index in [2.05, 4.69) is 50.7 Å². The van der Waals surface area contributed by atoms with Gasteiger partial charge in [-0.2, -0.15) is 8.42 Å². The Kier molecular flexibility index (Phi) is 8.49. The molecule has 244 valence electrons. The van der Waals surface area contributed by atoms with Gasteiger partial charge >= 0.3 is 10.2 Å². The van der Waals surface area contributed by atoms with Crippen molar-refractivity contribution < 1.29 is 17.6 Å². The molecule has 7 rings (SSSR count). The molecule has 0 aliphatic carbocycles. The summed E-state index contributed by atoms with van der Waals surface area (Å²) in [6.45, 7) is 0. The molecule has 3 heterocycles. The van der Waals surface area contributed by atoms with E-state index in [4.69, 9.17) is 16.6 Å². The number of anilines is 1. The van der Waals surface area contributed by atoms with Crippen LogP contribution in [0.1, 0.15) is 21.6 Å². The maximum absolute atomic E-state index is 13.6. The van der Waals surface area contributed by atoms with Crippen molar-refractivity contribution in [3.63, 3.8) is 0 Å². The lowest BCUT2D eigenvalue weighted by atomic mass is 9.77.